The van der Waals surface area contributed by atoms with Crippen LogP contribution in [0, 0.1) is 17.7 Å². The number of halogens is 2. The van der Waals surface area contributed by atoms with Crippen LogP contribution in [0.3, 0.4) is 0 Å². The van der Waals surface area contributed by atoms with E-state index in [4.69, 9.17) is 26.1 Å². The second-order valence-corrected chi connectivity index (χ2v) is 11.6. The Hall–Kier alpha value is -1.21. The average Bonchev–Trinajstić information content (AvgIpc) is 2.86. The molecule has 192 valence electrons. The number of hydrogen-bond acceptors (Lipinski definition) is 10. The first-order chi connectivity index (χ1) is 15.3. The van der Waals surface area contributed by atoms with Gasteiger partial charge in [-0.25, -0.2) is 18.5 Å². The number of nitrogens with zero attached hydrogens (tertiary/aromatic N) is 1. The molecular formula is C13H17ClFN2O14P3. The third-order valence-electron chi connectivity index (χ3n) is 4.06. The van der Waals surface area contributed by atoms with Crippen LogP contribution in [0.25, 0.3) is 0 Å². The van der Waals surface area contributed by atoms with E-state index in [-0.39, 0.29) is 0 Å². The molecule has 6 N–H and O–H groups in total. The lowest BCUT2D eigenvalue weighted by molar-refractivity contribution is -0.0751. The van der Waals surface area contributed by atoms with Crippen molar-refractivity contribution in [3.05, 3.63) is 32.9 Å². The van der Waals surface area contributed by atoms with Gasteiger partial charge in [0, 0.05) is 0 Å². The van der Waals surface area contributed by atoms with Gasteiger partial charge < -0.3 is 29.4 Å². The van der Waals surface area contributed by atoms with E-state index >= 15 is 0 Å². The van der Waals surface area contributed by atoms with E-state index in [0.717, 1.165) is 6.92 Å². The molecule has 2 heterocycles. The van der Waals surface area contributed by atoms with Gasteiger partial charge in [0.1, 0.15) is 12.2 Å². The van der Waals surface area contributed by atoms with Crippen LogP contribution in [0.2, 0.25) is 0 Å². The maximum absolute atomic E-state index is 13.8. The summed E-state index contributed by atoms with van der Waals surface area (Å²) < 4.78 is 65.6. The van der Waals surface area contributed by atoms with E-state index in [1.807, 2.05) is 0 Å². The van der Waals surface area contributed by atoms with Crippen LogP contribution in [0.4, 0.5) is 4.39 Å². The SMILES string of the molecule is CC#CC1(Cl)[C@@H](O)[C@@H]([C@H](C)OP(=O)(O)OP(=O)(O)OP(=O)(O)O)O[C@H]1n1cc(F)c(=O)[nH]c1=O. The highest BCUT2D eigenvalue weighted by molar-refractivity contribution is 7.66. The standard InChI is InChI=1S/C13H17ClFN2O14P3/c1-3-4-13(14)9(18)8(28-11(13)17-5-7(15)10(19)16-12(17)20)6(2)29-33(24,25)31-34(26,27)30-32(21,22)23/h5-6,8-9,11,18H,1-2H3,(H,24,25)(H,26,27)(H,16,19,20)(H2,21,22,23)/t6-,8+,9-,11+,13?/m0/s1. The average molecular weight is 573 g/mol. The Balaban J connectivity index is 2.36. The molecule has 21 heteroatoms. The van der Waals surface area contributed by atoms with Crippen molar-refractivity contribution in [2.24, 2.45) is 0 Å². The molecule has 1 aromatic rings. The lowest BCUT2D eigenvalue weighted by Gasteiger charge is -2.26. The summed E-state index contributed by atoms with van der Waals surface area (Å²) in [5, 5.41) is 10.7. The number of phosphoric ester groups is 1. The summed E-state index contributed by atoms with van der Waals surface area (Å²) in [6, 6.07) is 0. The fourth-order valence-electron chi connectivity index (χ4n) is 2.87. The van der Waals surface area contributed by atoms with E-state index < -0.39 is 69.9 Å². The van der Waals surface area contributed by atoms with Crippen molar-refractivity contribution in [1.82, 2.24) is 9.55 Å². The zero-order chi connectivity index (χ0) is 26.3. The number of H-pyrrole nitrogens is 1. The maximum atomic E-state index is 13.8. The molecule has 1 aliphatic rings. The van der Waals surface area contributed by atoms with Crippen molar-refractivity contribution in [1.29, 1.82) is 0 Å². The van der Waals surface area contributed by atoms with Crippen molar-refractivity contribution >= 4 is 35.1 Å². The molecule has 1 saturated heterocycles. The van der Waals surface area contributed by atoms with Crippen LogP contribution in [-0.2, 0) is 31.6 Å². The fraction of sp³-hybridized carbons (Fsp3) is 0.538. The molecule has 34 heavy (non-hydrogen) atoms. The summed E-state index contributed by atoms with van der Waals surface area (Å²) in [6.45, 7) is 2.26. The van der Waals surface area contributed by atoms with Gasteiger partial charge in [0.25, 0.3) is 5.56 Å². The normalized spacial score (nSPS) is 29.5. The van der Waals surface area contributed by atoms with Gasteiger partial charge in [0.05, 0.1) is 12.3 Å². The number of nitrogens with one attached hydrogen (secondary N) is 1. The van der Waals surface area contributed by atoms with E-state index in [0.29, 0.717) is 10.8 Å². The Morgan fingerprint density at radius 2 is 1.82 bits per heavy atom. The van der Waals surface area contributed by atoms with E-state index in [2.05, 4.69) is 25.0 Å². The molecule has 2 rings (SSSR count). The molecule has 0 amide bonds. The van der Waals surface area contributed by atoms with Crippen LogP contribution in [0.1, 0.15) is 20.1 Å². The molecule has 0 aromatic carbocycles. The summed E-state index contributed by atoms with van der Waals surface area (Å²) in [4.78, 5) is 58.9. The van der Waals surface area contributed by atoms with Gasteiger partial charge in [-0.05, 0) is 13.8 Å². The van der Waals surface area contributed by atoms with E-state index in [1.54, 1.807) is 4.98 Å². The lowest BCUT2D eigenvalue weighted by atomic mass is 9.96. The third-order valence-corrected chi connectivity index (χ3v) is 8.49. The van der Waals surface area contributed by atoms with Crippen LogP contribution < -0.4 is 11.2 Å². The molecule has 7 atom stereocenters. The maximum Gasteiger partial charge on any atom is 0.490 e. The number of aliphatic hydroxyl groups is 1. The zero-order valence-corrected chi connectivity index (χ0v) is 20.3. The van der Waals surface area contributed by atoms with Gasteiger partial charge in [0.2, 0.25) is 5.82 Å². The Bertz CT molecular complexity index is 1270. The van der Waals surface area contributed by atoms with Gasteiger partial charge in [-0.2, -0.15) is 13.0 Å². The molecule has 1 aromatic heterocycles. The summed E-state index contributed by atoms with van der Waals surface area (Å²) in [5.74, 6) is 3.28. The number of alkyl halides is 1. The second-order valence-electron chi connectivity index (χ2n) is 6.59. The van der Waals surface area contributed by atoms with Gasteiger partial charge in [0.15, 0.2) is 11.1 Å². The van der Waals surface area contributed by atoms with Gasteiger partial charge in [-0.1, -0.05) is 17.5 Å². The largest absolute Gasteiger partial charge is 0.490 e. The molecule has 0 radical (unpaired) electrons. The van der Waals surface area contributed by atoms with Crippen LogP contribution in [0.5, 0.6) is 0 Å². The number of aromatic amines is 1. The summed E-state index contributed by atoms with van der Waals surface area (Å²) in [6.07, 6.45) is -6.81. The lowest BCUT2D eigenvalue weighted by Crippen LogP contribution is -2.45. The highest BCUT2D eigenvalue weighted by Gasteiger charge is 2.58. The number of aliphatic hydroxyl groups excluding tert-OH is 1. The van der Waals surface area contributed by atoms with Gasteiger partial charge >= 0.3 is 29.2 Å². The first-order valence-electron chi connectivity index (χ1n) is 8.61. The van der Waals surface area contributed by atoms with Gasteiger partial charge in [-0.15, -0.1) is 5.92 Å². The molecular weight excluding hydrogens is 556 g/mol. The van der Waals surface area contributed by atoms with Crippen LogP contribution in [0.15, 0.2) is 15.8 Å². The predicted molar refractivity (Wildman–Crippen MR) is 108 cm³/mol. The predicted octanol–water partition coefficient (Wildman–Crippen LogP) is -0.333. The number of phosphoric acid groups is 3. The molecule has 3 unspecified atom stereocenters. The Morgan fingerprint density at radius 1 is 1.24 bits per heavy atom. The minimum Gasteiger partial charge on any atom is -0.387 e. The highest BCUT2D eigenvalue weighted by Crippen LogP contribution is 2.66. The topological polar surface area (TPSA) is 244 Å². The quantitative estimate of drug-likeness (QED) is 0.133. The molecule has 1 aliphatic heterocycles. The zero-order valence-electron chi connectivity index (χ0n) is 16.8. The van der Waals surface area contributed by atoms with Crippen molar-refractivity contribution in [2.75, 3.05) is 0 Å². The smallest absolute Gasteiger partial charge is 0.387 e. The minimum absolute atomic E-state index is 0.419. The number of aromatic nitrogens is 2. The van der Waals surface area contributed by atoms with Crippen LogP contribution >= 0.6 is 35.1 Å². The Kier molecular flexibility index (Phi) is 8.57. The molecule has 0 bridgehead atoms. The van der Waals surface area contributed by atoms with Crippen molar-refractivity contribution in [3.63, 3.8) is 0 Å². The van der Waals surface area contributed by atoms with Crippen molar-refractivity contribution < 1.29 is 60.6 Å². The van der Waals surface area contributed by atoms with E-state index in [9.17, 15) is 42.6 Å². The minimum atomic E-state index is -5.83. The summed E-state index contributed by atoms with van der Waals surface area (Å²) in [5.41, 5.74) is -2.58. The molecule has 0 spiro atoms. The Morgan fingerprint density at radius 3 is 2.35 bits per heavy atom. The first kappa shape index (κ1) is 29.0. The molecule has 1 fully saturated rings. The molecule has 0 saturated carbocycles. The molecule has 16 nitrogen and oxygen atoms in total. The summed E-state index contributed by atoms with van der Waals surface area (Å²) in [7, 11) is -17.1. The number of ether oxygens (including phenoxy) is 1. The molecule has 0 aliphatic carbocycles. The first-order valence-corrected chi connectivity index (χ1v) is 13.5. The summed E-state index contributed by atoms with van der Waals surface area (Å²) >= 11 is 6.34. The van der Waals surface area contributed by atoms with Gasteiger partial charge in [-0.3, -0.25) is 18.9 Å². The van der Waals surface area contributed by atoms with Crippen molar-refractivity contribution in [2.45, 2.75) is 43.3 Å². The van der Waals surface area contributed by atoms with E-state index in [1.165, 1.54) is 6.92 Å². The monoisotopic (exact) mass is 572 g/mol. The number of hydrogen-bond donors (Lipinski definition) is 6. The fourth-order valence-corrected chi connectivity index (χ4v) is 6.45. The second kappa shape index (κ2) is 10.0. The Labute approximate surface area is 193 Å². The third kappa shape index (κ3) is 6.71. The highest BCUT2D eigenvalue weighted by atomic mass is 35.5. The van der Waals surface area contributed by atoms with Crippen LogP contribution in [-0.4, -0.2) is 57.4 Å². The van der Waals surface area contributed by atoms with Crippen molar-refractivity contribution in [3.8, 4) is 11.8 Å². The number of rotatable bonds is 8.